The molecule has 0 saturated heterocycles. The van der Waals surface area contributed by atoms with E-state index in [-0.39, 0.29) is 37.7 Å². The van der Waals surface area contributed by atoms with E-state index in [1.165, 1.54) is 0 Å². The van der Waals surface area contributed by atoms with Crippen LogP contribution in [0.5, 0.6) is 0 Å². The Kier molecular flexibility index (Phi) is 7.79. The molecule has 0 aliphatic heterocycles. The van der Waals surface area contributed by atoms with Crippen molar-refractivity contribution in [3.05, 3.63) is 0 Å². The molecular weight excluding hydrogens is 251 g/mol. The molecule has 0 spiro atoms. The van der Waals surface area contributed by atoms with Crippen LogP contribution in [0, 0.1) is 0 Å². The number of hydrogen-bond acceptors (Lipinski definition) is 3. The van der Waals surface area contributed by atoms with Gasteiger partial charge in [0, 0.05) is 0 Å². The van der Waals surface area contributed by atoms with Gasteiger partial charge in [0.15, 0.2) is 0 Å². The summed E-state index contributed by atoms with van der Waals surface area (Å²) in [6.45, 7) is -4.03. The van der Waals surface area contributed by atoms with E-state index in [9.17, 15) is 11.3 Å². The first-order valence-corrected chi connectivity index (χ1v) is 7.87. The molecule has 0 amide bonds. The van der Waals surface area contributed by atoms with Crippen molar-refractivity contribution in [3.8, 4) is 0 Å². The normalized spacial score (nSPS) is 8.71. The number of hydrogen-bond donors (Lipinski definition) is 1. The minimum atomic E-state index is -4.03. The van der Waals surface area contributed by atoms with E-state index in [0.29, 0.717) is 0 Å². The molecule has 0 aromatic heterocycles. The predicted molar refractivity (Wildman–Crippen MR) is 26.5 cm³/mol. The Morgan fingerprint density at radius 1 is 1.43 bits per heavy atom. The molecule has 0 saturated carbocycles. The van der Waals surface area contributed by atoms with Gasteiger partial charge in [0.2, 0.25) is 0 Å². The van der Waals surface area contributed by atoms with Crippen LogP contribution in [0.15, 0.2) is 0 Å². The SMILES string of the molecule is [CaH2].[O]=[In][S](=O)(=O)O. The fourth-order valence-electron chi connectivity index (χ4n) is 0. The van der Waals surface area contributed by atoms with Crippen LogP contribution >= 0.6 is 0 Å². The van der Waals surface area contributed by atoms with Gasteiger partial charge >= 0.3 is 82.0 Å². The molecule has 0 aromatic carbocycles. The third kappa shape index (κ3) is 11.4. The molecule has 0 bridgehead atoms. The summed E-state index contributed by atoms with van der Waals surface area (Å²) >= 11 is -2.84. The van der Waals surface area contributed by atoms with Gasteiger partial charge in [0.05, 0.1) is 0 Å². The first-order valence-electron chi connectivity index (χ1n) is 0.987. The molecule has 0 heterocycles. The summed E-state index contributed by atoms with van der Waals surface area (Å²) < 4.78 is 35.5. The fraction of sp³-hybridized carbons (Fsp3) is 0. The van der Waals surface area contributed by atoms with Crippen LogP contribution in [0.3, 0.4) is 0 Å². The molecule has 38 valence electrons. The number of rotatable bonds is 1. The zero-order valence-corrected chi connectivity index (χ0v) is 6.77. The summed E-state index contributed by atoms with van der Waals surface area (Å²) in [6.07, 6.45) is 0. The van der Waals surface area contributed by atoms with Gasteiger partial charge in [-0.15, -0.1) is 0 Å². The second-order valence-electron chi connectivity index (χ2n) is 0.611. The molecular formula is H3CaInO4S. The summed E-state index contributed by atoms with van der Waals surface area (Å²) in [4.78, 5) is 0. The zero-order chi connectivity index (χ0) is 5.21. The van der Waals surface area contributed by atoms with Crippen molar-refractivity contribution in [2.24, 2.45) is 0 Å². The van der Waals surface area contributed by atoms with E-state index in [1.807, 2.05) is 0 Å². The summed E-state index contributed by atoms with van der Waals surface area (Å²) in [5.74, 6) is 0. The van der Waals surface area contributed by atoms with Crippen LogP contribution in [-0.2, 0) is 9.80 Å². The molecule has 0 aromatic rings. The summed E-state index contributed by atoms with van der Waals surface area (Å²) in [6, 6.07) is 0. The Bertz CT molecular complexity index is 122. The van der Waals surface area contributed by atoms with Crippen molar-refractivity contribution in [3.63, 3.8) is 0 Å². The molecule has 0 aliphatic rings. The third-order valence-corrected chi connectivity index (χ3v) is 2.45. The van der Waals surface area contributed by atoms with Crippen LogP contribution in [0.25, 0.3) is 0 Å². The van der Waals surface area contributed by atoms with Gasteiger partial charge in [0.1, 0.15) is 0 Å². The molecule has 4 nitrogen and oxygen atoms in total. The Morgan fingerprint density at radius 3 is 1.57 bits per heavy atom. The van der Waals surface area contributed by atoms with E-state index in [0.717, 1.165) is 0 Å². The molecule has 0 aliphatic carbocycles. The quantitative estimate of drug-likeness (QED) is 0.430. The summed E-state index contributed by atoms with van der Waals surface area (Å²) in [5.41, 5.74) is 0. The maximum atomic E-state index is 9.33. The van der Waals surface area contributed by atoms with Crippen LogP contribution in [0.1, 0.15) is 0 Å². The third-order valence-electron chi connectivity index (χ3n) is 0.122. The standard InChI is InChI=1S/Ca.In.HO3S.O.2H/c;;1-4(2)3;;;/h;;(H,1,2,3);;;. The van der Waals surface area contributed by atoms with Crippen LogP contribution < -0.4 is 0 Å². The van der Waals surface area contributed by atoms with Gasteiger partial charge in [-0.05, 0) is 0 Å². The van der Waals surface area contributed by atoms with Crippen molar-refractivity contribution in [2.75, 3.05) is 0 Å². The zero-order valence-electron chi connectivity index (χ0n) is 2.66. The van der Waals surface area contributed by atoms with Gasteiger partial charge in [-0.1, -0.05) is 0 Å². The minimum absolute atomic E-state index is 0. The van der Waals surface area contributed by atoms with Gasteiger partial charge in [0.25, 0.3) is 0 Å². The van der Waals surface area contributed by atoms with E-state index in [4.69, 9.17) is 4.55 Å². The van der Waals surface area contributed by atoms with Crippen molar-refractivity contribution in [2.45, 2.75) is 0 Å². The molecule has 0 rings (SSSR count). The van der Waals surface area contributed by atoms with Gasteiger partial charge in [-0.2, -0.15) is 0 Å². The van der Waals surface area contributed by atoms with E-state index >= 15 is 0 Å². The topological polar surface area (TPSA) is 71.4 Å². The van der Waals surface area contributed by atoms with Crippen molar-refractivity contribution in [1.82, 2.24) is 0 Å². The molecule has 0 unspecified atom stereocenters. The maximum absolute atomic E-state index is 9.33. The summed E-state index contributed by atoms with van der Waals surface area (Å²) in [5, 5.41) is 0. The average molecular weight is 254 g/mol. The van der Waals surface area contributed by atoms with Crippen molar-refractivity contribution < 1.29 is 15.8 Å². The first-order chi connectivity index (χ1) is 2.56. The molecule has 0 fully saturated rings. The average Bonchev–Trinajstić information content (AvgIpc) is 1.35. The van der Waals surface area contributed by atoms with Crippen molar-refractivity contribution >= 4 is 66.1 Å². The Morgan fingerprint density at radius 2 is 1.57 bits per heavy atom. The molecule has 7 heavy (non-hydrogen) atoms. The molecule has 0 radical (unpaired) electrons. The van der Waals surface area contributed by atoms with Gasteiger partial charge in [-0.3, -0.25) is 0 Å². The molecule has 1 N–H and O–H groups in total. The predicted octanol–water partition coefficient (Wildman–Crippen LogP) is -2.08. The van der Waals surface area contributed by atoms with Crippen molar-refractivity contribution in [1.29, 1.82) is 0 Å². The van der Waals surface area contributed by atoms with Crippen LogP contribution in [0.4, 0.5) is 0 Å². The Hall–Kier alpha value is 1.84. The first kappa shape index (κ1) is 11.6. The molecule has 7 heteroatoms. The van der Waals surface area contributed by atoms with Crippen LogP contribution in [0.2, 0.25) is 0 Å². The Balaban J connectivity index is 0. The second-order valence-corrected chi connectivity index (χ2v) is 8.58. The van der Waals surface area contributed by atoms with Gasteiger partial charge in [-0.25, -0.2) is 0 Å². The van der Waals surface area contributed by atoms with Crippen LogP contribution in [-0.4, -0.2) is 72.2 Å². The van der Waals surface area contributed by atoms with E-state index in [1.54, 1.807) is 0 Å². The van der Waals surface area contributed by atoms with E-state index < -0.39 is 28.4 Å². The molecule has 0 atom stereocenters. The van der Waals surface area contributed by atoms with Gasteiger partial charge < -0.3 is 0 Å². The summed E-state index contributed by atoms with van der Waals surface area (Å²) in [7, 11) is 0. The Labute approximate surface area is 80.5 Å². The van der Waals surface area contributed by atoms with E-state index in [2.05, 4.69) is 0 Å². The fourth-order valence-corrected chi connectivity index (χ4v) is 0. The second kappa shape index (κ2) is 4.69. The monoisotopic (exact) mass is 254 g/mol.